The highest BCUT2D eigenvalue weighted by atomic mass is 32.1. The van der Waals surface area contributed by atoms with Gasteiger partial charge in [0.15, 0.2) is 5.13 Å². The highest BCUT2D eigenvalue weighted by molar-refractivity contribution is 7.15. The smallest absolute Gasteiger partial charge is 0.230 e. The standard InChI is InChI=1S/C17H16N2O2S/c1-11-8-13(5-6-14(11)15-4-3-7-21-15)9-16(20)19-17-18-10-12(2)22-17/h3-8,10H,9H2,1-2H3,(H,18,19,20). The number of rotatable bonds is 4. The number of hydrogen-bond acceptors (Lipinski definition) is 4. The molecule has 112 valence electrons. The zero-order valence-electron chi connectivity index (χ0n) is 12.4. The number of aromatic nitrogens is 1. The van der Waals surface area contributed by atoms with Crippen molar-refractivity contribution in [1.82, 2.24) is 4.98 Å². The fourth-order valence-corrected chi connectivity index (χ4v) is 2.99. The minimum Gasteiger partial charge on any atom is -0.464 e. The predicted octanol–water partition coefficient (Wildman–Crippen LogP) is 4.20. The van der Waals surface area contributed by atoms with Gasteiger partial charge in [-0.25, -0.2) is 4.98 Å². The molecule has 0 saturated carbocycles. The van der Waals surface area contributed by atoms with Crippen molar-refractivity contribution >= 4 is 22.4 Å². The van der Waals surface area contributed by atoms with Crippen LogP contribution in [0.2, 0.25) is 0 Å². The Morgan fingerprint density at radius 1 is 1.32 bits per heavy atom. The van der Waals surface area contributed by atoms with Gasteiger partial charge in [-0.05, 0) is 37.1 Å². The molecular weight excluding hydrogens is 296 g/mol. The SMILES string of the molecule is Cc1cnc(NC(=O)Cc2ccc(-c3ccco3)c(C)c2)s1. The van der Waals surface area contributed by atoms with Gasteiger partial charge in [-0.1, -0.05) is 18.2 Å². The van der Waals surface area contributed by atoms with Crippen LogP contribution in [-0.2, 0) is 11.2 Å². The van der Waals surface area contributed by atoms with Crippen molar-refractivity contribution in [1.29, 1.82) is 0 Å². The van der Waals surface area contributed by atoms with E-state index in [9.17, 15) is 4.79 Å². The largest absolute Gasteiger partial charge is 0.464 e. The molecular formula is C17H16N2O2S. The molecule has 1 N–H and O–H groups in total. The van der Waals surface area contributed by atoms with Crippen molar-refractivity contribution in [2.75, 3.05) is 5.32 Å². The van der Waals surface area contributed by atoms with Gasteiger partial charge in [-0.15, -0.1) is 11.3 Å². The Balaban J connectivity index is 1.70. The summed E-state index contributed by atoms with van der Waals surface area (Å²) < 4.78 is 5.42. The lowest BCUT2D eigenvalue weighted by molar-refractivity contribution is -0.115. The monoisotopic (exact) mass is 312 g/mol. The molecule has 2 aromatic heterocycles. The van der Waals surface area contributed by atoms with Crippen LogP contribution in [0.3, 0.4) is 0 Å². The Labute approximate surface area is 132 Å². The van der Waals surface area contributed by atoms with E-state index in [1.165, 1.54) is 11.3 Å². The third-order valence-electron chi connectivity index (χ3n) is 3.31. The van der Waals surface area contributed by atoms with E-state index in [0.29, 0.717) is 11.6 Å². The zero-order valence-corrected chi connectivity index (χ0v) is 13.2. The van der Waals surface area contributed by atoms with Crippen LogP contribution in [0.5, 0.6) is 0 Å². The number of thiazole rings is 1. The molecule has 0 spiro atoms. The lowest BCUT2D eigenvalue weighted by Crippen LogP contribution is -2.14. The predicted molar refractivity (Wildman–Crippen MR) is 88.1 cm³/mol. The molecule has 0 atom stereocenters. The molecule has 4 nitrogen and oxygen atoms in total. The molecule has 22 heavy (non-hydrogen) atoms. The van der Waals surface area contributed by atoms with E-state index in [-0.39, 0.29) is 5.91 Å². The summed E-state index contributed by atoms with van der Waals surface area (Å²) in [5, 5.41) is 3.47. The molecule has 0 bridgehead atoms. The summed E-state index contributed by atoms with van der Waals surface area (Å²) in [4.78, 5) is 17.3. The fourth-order valence-electron chi connectivity index (χ4n) is 2.31. The Hall–Kier alpha value is -2.40. The number of hydrogen-bond donors (Lipinski definition) is 1. The van der Waals surface area contributed by atoms with Crippen molar-refractivity contribution in [2.24, 2.45) is 0 Å². The van der Waals surface area contributed by atoms with Gasteiger partial charge in [0, 0.05) is 16.6 Å². The number of nitrogens with zero attached hydrogens (tertiary/aromatic N) is 1. The molecule has 1 amide bonds. The summed E-state index contributed by atoms with van der Waals surface area (Å²) in [5.74, 6) is 0.784. The molecule has 0 aliphatic heterocycles. The van der Waals surface area contributed by atoms with Crippen LogP contribution in [0.25, 0.3) is 11.3 Å². The summed E-state index contributed by atoms with van der Waals surface area (Å²) in [7, 11) is 0. The Morgan fingerprint density at radius 2 is 2.18 bits per heavy atom. The van der Waals surface area contributed by atoms with Crippen LogP contribution in [-0.4, -0.2) is 10.9 Å². The first-order valence-electron chi connectivity index (χ1n) is 6.97. The second kappa shape index (κ2) is 6.15. The average Bonchev–Trinajstić information content (AvgIpc) is 3.11. The second-order valence-electron chi connectivity index (χ2n) is 5.13. The quantitative estimate of drug-likeness (QED) is 0.785. The van der Waals surface area contributed by atoms with Gasteiger partial charge in [0.2, 0.25) is 5.91 Å². The number of amides is 1. The third kappa shape index (κ3) is 3.26. The number of carbonyl (C=O) groups excluding carboxylic acids is 1. The molecule has 3 aromatic rings. The molecule has 0 fully saturated rings. The highest BCUT2D eigenvalue weighted by Gasteiger charge is 2.09. The highest BCUT2D eigenvalue weighted by Crippen LogP contribution is 2.25. The fraction of sp³-hybridized carbons (Fsp3) is 0.176. The Kier molecular flexibility index (Phi) is 4.06. The Bertz CT molecular complexity index is 791. The molecule has 2 heterocycles. The van der Waals surface area contributed by atoms with Gasteiger partial charge < -0.3 is 9.73 Å². The lowest BCUT2D eigenvalue weighted by Gasteiger charge is -2.07. The van der Waals surface area contributed by atoms with Gasteiger partial charge in [0.25, 0.3) is 0 Å². The molecule has 0 aliphatic carbocycles. The average molecular weight is 312 g/mol. The van der Waals surface area contributed by atoms with Crippen LogP contribution in [0.4, 0.5) is 5.13 Å². The molecule has 0 saturated heterocycles. The second-order valence-corrected chi connectivity index (χ2v) is 6.36. The maximum absolute atomic E-state index is 12.1. The zero-order chi connectivity index (χ0) is 15.5. The molecule has 3 rings (SSSR count). The maximum atomic E-state index is 12.1. The van der Waals surface area contributed by atoms with Gasteiger partial charge in [0.05, 0.1) is 12.7 Å². The van der Waals surface area contributed by atoms with Gasteiger partial charge in [0.1, 0.15) is 5.76 Å². The van der Waals surface area contributed by atoms with Crippen LogP contribution < -0.4 is 5.32 Å². The molecule has 0 radical (unpaired) electrons. The van der Waals surface area contributed by atoms with Crippen molar-refractivity contribution in [2.45, 2.75) is 20.3 Å². The van der Waals surface area contributed by atoms with Gasteiger partial charge in [-0.2, -0.15) is 0 Å². The number of carbonyl (C=O) groups is 1. The van der Waals surface area contributed by atoms with Crippen molar-refractivity contribution in [3.63, 3.8) is 0 Å². The molecule has 0 aliphatic rings. The van der Waals surface area contributed by atoms with Crippen molar-refractivity contribution in [3.05, 3.63) is 58.8 Å². The first kappa shape index (κ1) is 14.5. The van der Waals surface area contributed by atoms with Crippen LogP contribution >= 0.6 is 11.3 Å². The van der Waals surface area contributed by atoms with Gasteiger partial charge in [-0.3, -0.25) is 4.79 Å². The molecule has 5 heteroatoms. The van der Waals surface area contributed by atoms with Gasteiger partial charge >= 0.3 is 0 Å². The summed E-state index contributed by atoms with van der Waals surface area (Å²) >= 11 is 1.48. The molecule has 1 aromatic carbocycles. The minimum absolute atomic E-state index is 0.0560. The number of furan rings is 1. The van der Waals surface area contributed by atoms with E-state index in [2.05, 4.69) is 10.3 Å². The third-order valence-corrected chi connectivity index (χ3v) is 4.14. The van der Waals surface area contributed by atoms with E-state index in [0.717, 1.165) is 27.3 Å². The molecule has 0 unspecified atom stereocenters. The summed E-state index contributed by atoms with van der Waals surface area (Å²) in [5.41, 5.74) is 3.11. The van der Waals surface area contributed by atoms with Crippen LogP contribution in [0.1, 0.15) is 16.0 Å². The first-order valence-corrected chi connectivity index (χ1v) is 7.79. The van der Waals surface area contributed by atoms with E-state index < -0.39 is 0 Å². The normalized spacial score (nSPS) is 10.6. The topological polar surface area (TPSA) is 55.1 Å². The van der Waals surface area contributed by atoms with Crippen molar-refractivity contribution < 1.29 is 9.21 Å². The minimum atomic E-state index is -0.0560. The van der Waals surface area contributed by atoms with E-state index in [4.69, 9.17) is 4.42 Å². The Morgan fingerprint density at radius 3 is 2.82 bits per heavy atom. The van der Waals surface area contributed by atoms with Crippen molar-refractivity contribution in [3.8, 4) is 11.3 Å². The van der Waals surface area contributed by atoms with Crippen LogP contribution in [0.15, 0.2) is 47.2 Å². The van der Waals surface area contributed by atoms with Crippen LogP contribution in [0, 0.1) is 13.8 Å². The first-order chi connectivity index (χ1) is 10.6. The summed E-state index contributed by atoms with van der Waals surface area (Å²) in [6, 6.07) is 9.76. The number of anilines is 1. The number of nitrogens with one attached hydrogen (secondary N) is 1. The summed E-state index contributed by atoms with van der Waals surface area (Å²) in [6.07, 6.45) is 3.74. The lowest BCUT2D eigenvalue weighted by atomic mass is 10.0. The number of aryl methyl sites for hydroxylation is 2. The summed E-state index contributed by atoms with van der Waals surface area (Å²) in [6.45, 7) is 3.98. The number of benzene rings is 1. The maximum Gasteiger partial charge on any atom is 0.230 e. The van der Waals surface area contributed by atoms with E-state index in [1.807, 2.05) is 44.2 Å². The van der Waals surface area contributed by atoms with E-state index in [1.54, 1.807) is 12.5 Å². The van der Waals surface area contributed by atoms with E-state index >= 15 is 0 Å².